The third-order valence-corrected chi connectivity index (χ3v) is 3.62. The highest BCUT2D eigenvalue weighted by molar-refractivity contribution is 6.32. The zero-order valence-corrected chi connectivity index (χ0v) is 10.6. The van der Waals surface area contributed by atoms with E-state index in [2.05, 4.69) is 12.2 Å². The molecule has 1 saturated carbocycles. The van der Waals surface area contributed by atoms with Crippen LogP contribution in [0.3, 0.4) is 0 Å². The summed E-state index contributed by atoms with van der Waals surface area (Å²) in [5.41, 5.74) is 1.15. The van der Waals surface area contributed by atoms with E-state index in [9.17, 15) is 0 Å². The van der Waals surface area contributed by atoms with Gasteiger partial charge in [-0.15, -0.1) is 0 Å². The second kappa shape index (κ2) is 4.39. The molecule has 17 heavy (non-hydrogen) atoms. The lowest BCUT2D eigenvalue weighted by Gasteiger charge is -2.20. The van der Waals surface area contributed by atoms with Crippen LogP contribution in [-0.2, 0) is 6.54 Å². The minimum atomic E-state index is 0.573. The molecule has 3 rings (SSSR count). The minimum absolute atomic E-state index is 0.573. The standard InChI is InChI=1S/C13H16ClNO2/c1-8-4-11(8)15-7-9-5-10(14)13-12(6-9)16-2-3-17-13/h5-6,8,11,15H,2-4,7H2,1H3. The number of ether oxygens (including phenoxy) is 2. The average molecular weight is 254 g/mol. The zero-order valence-electron chi connectivity index (χ0n) is 9.83. The fraction of sp³-hybridized carbons (Fsp3) is 0.538. The molecule has 1 heterocycles. The Balaban J connectivity index is 1.74. The summed E-state index contributed by atoms with van der Waals surface area (Å²) in [6, 6.07) is 4.64. The predicted molar refractivity (Wildman–Crippen MR) is 66.9 cm³/mol. The van der Waals surface area contributed by atoms with E-state index in [1.54, 1.807) is 0 Å². The van der Waals surface area contributed by atoms with Gasteiger partial charge in [0.2, 0.25) is 0 Å². The van der Waals surface area contributed by atoms with E-state index in [-0.39, 0.29) is 0 Å². The Labute approximate surface area is 106 Å². The van der Waals surface area contributed by atoms with Gasteiger partial charge in [0, 0.05) is 12.6 Å². The van der Waals surface area contributed by atoms with Crippen molar-refractivity contribution in [1.82, 2.24) is 5.32 Å². The molecule has 0 spiro atoms. The summed E-state index contributed by atoms with van der Waals surface area (Å²) in [5, 5.41) is 4.14. The van der Waals surface area contributed by atoms with Crippen LogP contribution in [0.4, 0.5) is 0 Å². The molecular weight excluding hydrogens is 238 g/mol. The highest BCUT2D eigenvalue weighted by Gasteiger charge is 2.31. The lowest BCUT2D eigenvalue weighted by Crippen LogP contribution is -2.19. The summed E-state index contributed by atoms with van der Waals surface area (Å²) >= 11 is 6.17. The molecule has 0 bridgehead atoms. The molecule has 2 atom stereocenters. The summed E-state index contributed by atoms with van der Waals surface area (Å²) in [7, 11) is 0. The molecule has 2 aliphatic rings. The van der Waals surface area contributed by atoms with Crippen molar-refractivity contribution in [2.24, 2.45) is 5.92 Å². The maximum Gasteiger partial charge on any atom is 0.179 e. The van der Waals surface area contributed by atoms with E-state index >= 15 is 0 Å². The molecule has 0 amide bonds. The molecule has 1 aromatic carbocycles. The lowest BCUT2D eigenvalue weighted by atomic mass is 10.2. The summed E-state index contributed by atoms with van der Waals surface area (Å²) in [4.78, 5) is 0. The molecule has 1 aliphatic heterocycles. The Kier molecular flexibility index (Phi) is 2.89. The van der Waals surface area contributed by atoms with Crippen LogP contribution in [0.25, 0.3) is 0 Å². The van der Waals surface area contributed by atoms with Crippen LogP contribution in [0, 0.1) is 5.92 Å². The van der Waals surface area contributed by atoms with Crippen molar-refractivity contribution in [2.75, 3.05) is 13.2 Å². The summed E-state index contributed by atoms with van der Waals surface area (Å²) in [5.74, 6) is 2.26. The molecule has 0 saturated heterocycles. The molecule has 0 radical (unpaired) electrons. The van der Waals surface area contributed by atoms with Crippen molar-refractivity contribution in [3.63, 3.8) is 0 Å². The Bertz CT molecular complexity index is 436. The Hall–Kier alpha value is -0.930. The first-order valence-electron chi connectivity index (χ1n) is 6.05. The molecule has 1 aromatic rings. The summed E-state index contributed by atoms with van der Waals surface area (Å²) < 4.78 is 11.0. The van der Waals surface area contributed by atoms with E-state index in [0.717, 1.165) is 23.8 Å². The van der Waals surface area contributed by atoms with Crippen molar-refractivity contribution >= 4 is 11.6 Å². The molecule has 4 heteroatoms. The quantitative estimate of drug-likeness (QED) is 0.898. The number of rotatable bonds is 3. The fourth-order valence-electron chi connectivity index (χ4n) is 2.12. The van der Waals surface area contributed by atoms with Crippen LogP contribution in [0.2, 0.25) is 5.02 Å². The molecule has 0 aromatic heterocycles. The largest absolute Gasteiger partial charge is 0.486 e. The monoisotopic (exact) mass is 253 g/mol. The topological polar surface area (TPSA) is 30.5 Å². The first-order chi connectivity index (χ1) is 8.24. The van der Waals surface area contributed by atoms with Gasteiger partial charge in [0.25, 0.3) is 0 Å². The van der Waals surface area contributed by atoms with Crippen molar-refractivity contribution in [1.29, 1.82) is 0 Å². The van der Waals surface area contributed by atoms with Crippen LogP contribution < -0.4 is 14.8 Å². The van der Waals surface area contributed by atoms with Gasteiger partial charge in [-0.05, 0) is 30.0 Å². The number of hydrogen-bond donors (Lipinski definition) is 1. The zero-order chi connectivity index (χ0) is 11.8. The molecular formula is C13H16ClNO2. The first-order valence-corrected chi connectivity index (χ1v) is 6.43. The van der Waals surface area contributed by atoms with Gasteiger partial charge in [0.1, 0.15) is 13.2 Å². The van der Waals surface area contributed by atoms with Crippen molar-refractivity contribution in [2.45, 2.75) is 25.9 Å². The van der Waals surface area contributed by atoms with Crippen LogP contribution >= 0.6 is 11.6 Å². The van der Waals surface area contributed by atoms with E-state index in [1.807, 2.05) is 12.1 Å². The van der Waals surface area contributed by atoms with E-state index in [4.69, 9.17) is 21.1 Å². The van der Waals surface area contributed by atoms with Gasteiger partial charge >= 0.3 is 0 Å². The normalized spacial score (nSPS) is 25.8. The van der Waals surface area contributed by atoms with Crippen LogP contribution in [0.5, 0.6) is 11.5 Å². The predicted octanol–water partition coefficient (Wildman–Crippen LogP) is 2.61. The van der Waals surface area contributed by atoms with E-state index < -0.39 is 0 Å². The molecule has 1 N–H and O–H groups in total. The smallest absolute Gasteiger partial charge is 0.179 e. The fourth-order valence-corrected chi connectivity index (χ4v) is 2.41. The summed E-state index contributed by atoms with van der Waals surface area (Å²) in [6.07, 6.45) is 1.28. The molecule has 2 unspecified atom stereocenters. The van der Waals surface area contributed by atoms with Crippen LogP contribution in [0.15, 0.2) is 12.1 Å². The average Bonchev–Trinajstić information content (AvgIpc) is 3.03. The van der Waals surface area contributed by atoms with Gasteiger partial charge in [-0.3, -0.25) is 0 Å². The maximum absolute atomic E-state index is 6.17. The summed E-state index contributed by atoms with van der Waals surface area (Å²) in [6.45, 7) is 4.27. The van der Waals surface area contributed by atoms with Gasteiger partial charge in [-0.1, -0.05) is 18.5 Å². The van der Waals surface area contributed by atoms with Crippen molar-refractivity contribution < 1.29 is 9.47 Å². The highest BCUT2D eigenvalue weighted by Crippen LogP contribution is 2.38. The number of benzene rings is 1. The number of fused-ring (bicyclic) bond motifs is 1. The maximum atomic E-state index is 6.17. The molecule has 1 aliphatic carbocycles. The van der Waals surface area contributed by atoms with E-state index in [0.29, 0.717) is 30.0 Å². The number of hydrogen-bond acceptors (Lipinski definition) is 3. The Morgan fingerprint density at radius 2 is 2.12 bits per heavy atom. The molecule has 3 nitrogen and oxygen atoms in total. The van der Waals surface area contributed by atoms with Gasteiger partial charge in [0.05, 0.1) is 5.02 Å². The van der Waals surface area contributed by atoms with Crippen molar-refractivity contribution in [3.8, 4) is 11.5 Å². The highest BCUT2D eigenvalue weighted by atomic mass is 35.5. The Morgan fingerprint density at radius 1 is 1.35 bits per heavy atom. The van der Waals surface area contributed by atoms with Gasteiger partial charge < -0.3 is 14.8 Å². The SMILES string of the molecule is CC1CC1NCc1cc(Cl)c2c(c1)OCCO2. The molecule has 1 fully saturated rings. The van der Waals surface area contributed by atoms with Crippen LogP contribution in [-0.4, -0.2) is 19.3 Å². The second-order valence-corrected chi connectivity index (χ2v) is 5.21. The van der Waals surface area contributed by atoms with Crippen molar-refractivity contribution in [3.05, 3.63) is 22.7 Å². The minimum Gasteiger partial charge on any atom is -0.486 e. The lowest BCUT2D eigenvalue weighted by molar-refractivity contribution is 0.171. The third kappa shape index (κ3) is 2.35. The number of nitrogens with one attached hydrogen (secondary N) is 1. The first kappa shape index (κ1) is 11.2. The van der Waals surface area contributed by atoms with Gasteiger partial charge in [-0.25, -0.2) is 0 Å². The van der Waals surface area contributed by atoms with E-state index in [1.165, 1.54) is 6.42 Å². The number of halogens is 1. The van der Waals surface area contributed by atoms with Gasteiger partial charge in [0.15, 0.2) is 11.5 Å². The second-order valence-electron chi connectivity index (χ2n) is 4.80. The molecule has 92 valence electrons. The van der Waals surface area contributed by atoms with Gasteiger partial charge in [-0.2, -0.15) is 0 Å². The third-order valence-electron chi connectivity index (χ3n) is 3.33. The van der Waals surface area contributed by atoms with Crippen LogP contribution in [0.1, 0.15) is 18.9 Å². The Morgan fingerprint density at radius 3 is 2.88 bits per heavy atom.